The summed E-state index contributed by atoms with van der Waals surface area (Å²) in [7, 11) is 0. The SMILES string of the molecule is NC1C=C2C#CC(CCc3ccc(O)cc3)CCCC3CC(O)C4CCc5c(c(CO)cc(O)c5OCc5cc(C67CCOCC6CCc6ccccc67)cc6cn(cc56)C(=C2CO3)N1)C4. The number of nitrogens with one attached hydrogen (secondary N) is 1. The summed E-state index contributed by atoms with van der Waals surface area (Å²) < 4.78 is 22.2. The van der Waals surface area contributed by atoms with Crippen LogP contribution < -0.4 is 15.8 Å². The van der Waals surface area contributed by atoms with E-state index in [0.717, 1.165) is 108 Å². The molecule has 7 atom stereocenters. The number of dihydropyridines is 1. The van der Waals surface area contributed by atoms with Crippen molar-refractivity contribution < 1.29 is 34.6 Å². The molecule has 0 saturated carbocycles. The lowest BCUT2D eigenvalue weighted by Crippen LogP contribution is -2.47. The van der Waals surface area contributed by atoms with Crippen molar-refractivity contribution in [3.63, 3.8) is 0 Å². The summed E-state index contributed by atoms with van der Waals surface area (Å²) in [4.78, 5) is 0. The normalized spacial score (nSPS) is 27.3. The van der Waals surface area contributed by atoms with Crippen LogP contribution in [0.15, 0.2) is 96.3 Å². The highest BCUT2D eigenvalue weighted by Crippen LogP contribution is 2.52. The van der Waals surface area contributed by atoms with E-state index >= 15 is 0 Å². The second-order valence-corrected chi connectivity index (χ2v) is 19.7. The molecule has 7 aliphatic rings. The molecular weight excluding hydrogens is 827 g/mol. The Morgan fingerprint density at radius 2 is 1.80 bits per heavy atom. The van der Waals surface area contributed by atoms with Gasteiger partial charge in [-0.05, 0) is 158 Å². The Kier molecular flexibility index (Phi) is 11.7. The molecule has 10 nitrogen and oxygen atoms in total. The lowest BCUT2D eigenvalue weighted by Gasteiger charge is -2.49. The quantitative estimate of drug-likeness (QED) is 0.0964. The highest BCUT2D eigenvalue weighted by atomic mass is 16.5. The second kappa shape index (κ2) is 17.9. The largest absolute Gasteiger partial charge is 0.508 e. The van der Waals surface area contributed by atoms with Gasteiger partial charge in [0.15, 0.2) is 11.5 Å². The minimum Gasteiger partial charge on any atom is -0.508 e. The third kappa shape index (κ3) is 7.99. The van der Waals surface area contributed by atoms with Crippen LogP contribution in [0.2, 0.25) is 0 Å². The fourth-order valence-corrected chi connectivity index (χ4v) is 12.3. The third-order valence-corrected chi connectivity index (χ3v) is 15.9. The number of phenols is 2. The lowest BCUT2D eigenvalue weighted by molar-refractivity contribution is -0.00236. The lowest BCUT2D eigenvalue weighted by atomic mass is 9.57. The van der Waals surface area contributed by atoms with E-state index in [1.165, 1.54) is 16.7 Å². The summed E-state index contributed by atoms with van der Waals surface area (Å²) >= 11 is 0. The number of aliphatic hydroxyl groups excluding tert-OH is 2. The number of aromatic nitrogens is 1. The van der Waals surface area contributed by atoms with Gasteiger partial charge in [0, 0.05) is 57.8 Å². The van der Waals surface area contributed by atoms with Crippen molar-refractivity contribution in [1.82, 2.24) is 9.88 Å². The van der Waals surface area contributed by atoms with Crippen molar-refractivity contribution in [3.05, 3.63) is 141 Å². The first-order valence-corrected chi connectivity index (χ1v) is 24.2. The van der Waals surface area contributed by atoms with Crippen molar-refractivity contribution >= 4 is 16.6 Å². The molecule has 0 spiro atoms. The summed E-state index contributed by atoms with van der Waals surface area (Å²) in [6.07, 6.45) is 14.6. The van der Waals surface area contributed by atoms with Crippen LogP contribution in [0.4, 0.5) is 0 Å². The van der Waals surface area contributed by atoms with E-state index in [1.807, 2.05) is 18.2 Å². The van der Waals surface area contributed by atoms with Gasteiger partial charge in [-0.2, -0.15) is 0 Å². The Morgan fingerprint density at radius 3 is 2.68 bits per heavy atom. The van der Waals surface area contributed by atoms with Gasteiger partial charge in [-0.25, -0.2) is 0 Å². The average molecular weight is 888 g/mol. The molecule has 4 aromatic carbocycles. The van der Waals surface area contributed by atoms with Crippen LogP contribution in [0.3, 0.4) is 0 Å². The molecule has 12 rings (SSSR count). The van der Waals surface area contributed by atoms with Gasteiger partial charge in [-0.15, -0.1) is 0 Å². The predicted octanol–water partition coefficient (Wildman–Crippen LogP) is 8.07. The maximum absolute atomic E-state index is 12.1. The number of aliphatic hydroxyl groups is 2. The first-order chi connectivity index (χ1) is 32.2. The molecule has 8 bridgehead atoms. The topological polar surface area (TPSA) is 152 Å². The van der Waals surface area contributed by atoms with Crippen LogP contribution in [0, 0.1) is 29.6 Å². The molecule has 1 saturated heterocycles. The Bertz CT molecular complexity index is 2780. The van der Waals surface area contributed by atoms with E-state index in [1.54, 1.807) is 18.2 Å². The highest BCUT2D eigenvalue weighted by Gasteiger charge is 2.48. The van der Waals surface area contributed by atoms with Gasteiger partial charge in [0.2, 0.25) is 0 Å². The number of nitrogens with two attached hydrogens (primary N) is 1. The zero-order chi connectivity index (χ0) is 44.9. The number of fused-ring (bicyclic) bond motifs is 6. The molecule has 5 aliphatic heterocycles. The number of aryl methyl sites for hydroxylation is 2. The smallest absolute Gasteiger partial charge is 0.164 e. The Labute approximate surface area is 387 Å². The number of hydrogen-bond donors (Lipinski definition) is 6. The van der Waals surface area contributed by atoms with Gasteiger partial charge >= 0.3 is 0 Å². The minimum atomic E-state index is -0.638. The molecule has 1 fully saturated rings. The zero-order valence-electron chi connectivity index (χ0n) is 37.6. The molecule has 1 aromatic heterocycles. The summed E-state index contributed by atoms with van der Waals surface area (Å²) in [5, 5.41) is 49.9. The van der Waals surface area contributed by atoms with Gasteiger partial charge < -0.3 is 50.3 Å². The summed E-state index contributed by atoms with van der Waals surface area (Å²) in [5.41, 5.74) is 17.1. The van der Waals surface area contributed by atoms with Crippen molar-refractivity contribution in [3.8, 4) is 29.1 Å². The Balaban J connectivity index is 1.08. The van der Waals surface area contributed by atoms with Gasteiger partial charge in [-0.1, -0.05) is 54.3 Å². The van der Waals surface area contributed by atoms with Crippen molar-refractivity contribution in [2.24, 2.45) is 23.5 Å². The summed E-state index contributed by atoms with van der Waals surface area (Å²) in [5.74, 6) is 9.22. The predicted molar refractivity (Wildman–Crippen MR) is 255 cm³/mol. The molecule has 0 radical (unpaired) electrons. The molecule has 7 unspecified atom stereocenters. The monoisotopic (exact) mass is 887 g/mol. The molecule has 66 heavy (non-hydrogen) atoms. The molecule has 5 aromatic rings. The van der Waals surface area contributed by atoms with Crippen LogP contribution in [-0.4, -0.2) is 63.2 Å². The molecular formula is C56H61N3O7. The van der Waals surface area contributed by atoms with Gasteiger partial charge in [0.1, 0.15) is 18.2 Å². The molecule has 6 heterocycles. The van der Waals surface area contributed by atoms with Crippen LogP contribution in [0.1, 0.15) is 95.9 Å². The maximum Gasteiger partial charge on any atom is 0.164 e. The zero-order valence-corrected chi connectivity index (χ0v) is 37.6. The first-order valence-electron chi connectivity index (χ1n) is 24.2. The molecule has 342 valence electrons. The van der Waals surface area contributed by atoms with E-state index in [9.17, 15) is 20.4 Å². The molecule has 7 N–H and O–H groups in total. The van der Waals surface area contributed by atoms with E-state index in [-0.39, 0.29) is 54.7 Å². The number of benzene rings is 4. The minimum absolute atomic E-state index is 0.0245. The van der Waals surface area contributed by atoms with Gasteiger partial charge in [0.05, 0.1) is 38.2 Å². The summed E-state index contributed by atoms with van der Waals surface area (Å²) in [6, 6.07) is 22.8. The summed E-state index contributed by atoms with van der Waals surface area (Å²) in [6.45, 7) is 1.67. The number of ether oxygens (including phenoxy) is 3. The second-order valence-electron chi connectivity index (χ2n) is 19.7. The number of aromatic hydroxyl groups is 2. The third-order valence-electron chi connectivity index (χ3n) is 15.9. The molecule has 10 heteroatoms. The highest BCUT2D eigenvalue weighted by molar-refractivity contribution is 5.88. The standard InChI is InChI=1S/C56H61N3O7/c57-53-26-37-13-10-34(8-9-35-11-17-44(61)18-12-35)4-3-6-45-27-51(62)38-15-19-46-47(24-38)40(30-60)25-52(63)54(46)66-31-41-23-43(22-39-28-59(29-48(39)41)55(58-53)49(37)33-65-45)56-20-21-64-32-42(56)16-14-36-5-1-2-7-50(36)56/h1-2,5,7,11-12,17-18,22-23,25-26,28-29,34,38,42,45,51,53,58,60-63H,3-4,6,8-9,14-16,19-21,24,27,30-33,57H2. The number of rotatable bonds is 5. The molecule has 2 aliphatic carbocycles. The number of hydrogen-bond acceptors (Lipinski definition) is 9. The van der Waals surface area contributed by atoms with E-state index in [0.29, 0.717) is 49.7 Å². The molecule has 0 amide bonds. The fourth-order valence-electron chi connectivity index (χ4n) is 12.3. The Morgan fingerprint density at radius 1 is 0.924 bits per heavy atom. The van der Waals surface area contributed by atoms with Gasteiger partial charge in [-0.3, -0.25) is 0 Å². The van der Waals surface area contributed by atoms with Crippen molar-refractivity contribution in [2.45, 2.75) is 114 Å². The van der Waals surface area contributed by atoms with Crippen LogP contribution in [0.25, 0.3) is 16.6 Å². The van der Waals surface area contributed by atoms with Crippen LogP contribution >= 0.6 is 0 Å². The van der Waals surface area contributed by atoms with E-state index in [4.69, 9.17) is 19.9 Å². The average Bonchev–Trinajstić information content (AvgIpc) is 3.76. The van der Waals surface area contributed by atoms with E-state index < -0.39 is 12.3 Å². The number of phenolic OH excluding ortho intramolecular Hbond substituents is 2. The van der Waals surface area contributed by atoms with Crippen molar-refractivity contribution in [2.75, 3.05) is 19.8 Å². The van der Waals surface area contributed by atoms with E-state index in [2.05, 4.69) is 70.5 Å². The Hall–Kier alpha value is -5.54. The van der Waals surface area contributed by atoms with Crippen molar-refractivity contribution in [1.29, 1.82) is 0 Å². The van der Waals surface area contributed by atoms with Gasteiger partial charge in [0.25, 0.3) is 0 Å². The maximum atomic E-state index is 12.1. The number of nitrogens with zero attached hydrogens (tertiary/aromatic N) is 1. The first kappa shape index (κ1) is 43.1. The fraction of sp³-hybridized carbons (Fsp3) is 0.429. The van der Waals surface area contributed by atoms with Crippen LogP contribution in [-0.2, 0) is 53.8 Å². The van der Waals surface area contributed by atoms with Crippen LogP contribution in [0.5, 0.6) is 17.2 Å².